The van der Waals surface area contributed by atoms with Gasteiger partial charge in [-0.25, -0.2) is 0 Å². The summed E-state index contributed by atoms with van der Waals surface area (Å²) in [6.07, 6.45) is 8.90. The van der Waals surface area contributed by atoms with E-state index in [0.717, 1.165) is 38.1 Å². The van der Waals surface area contributed by atoms with Gasteiger partial charge in [-0.1, -0.05) is 6.08 Å². The molecule has 0 aromatic rings. The fourth-order valence-electron chi connectivity index (χ4n) is 3.02. The Morgan fingerprint density at radius 1 is 1.50 bits per heavy atom. The summed E-state index contributed by atoms with van der Waals surface area (Å²) in [5, 5.41) is 12.7. The van der Waals surface area contributed by atoms with Crippen LogP contribution in [-0.4, -0.2) is 47.2 Å². The van der Waals surface area contributed by atoms with E-state index < -0.39 is 5.97 Å². The molecule has 0 radical (unpaired) electrons. The molecule has 2 fully saturated rings. The molecule has 0 aliphatic heterocycles. The molecule has 0 spiro atoms. The summed E-state index contributed by atoms with van der Waals surface area (Å²) in [6, 6.07) is 1.56. The molecule has 4 nitrogen and oxygen atoms in total. The first kappa shape index (κ1) is 15.5. The van der Waals surface area contributed by atoms with Crippen molar-refractivity contribution in [2.75, 3.05) is 13.1 Å². The van der Waals surface area contributed by atoms with Crippen molar-refractivity contribution in [2.45, 2.75) is 63.6 Å². The Balaban J connectivity index is 1.68. The zero-order valence-corrected chi connectivity index (χ0v) is 12.6. The molecule has 2 rings (SSSR count). The molecule has 0 heterocycles. The van der Waals surface area contributed by atoms with E-state index in [2.05, 4.69) is 23.7 Å². The minimum Gasteiger partial charge on any atom is -0.480 e. The second-order valence-electron chi connectivity index (χ2n) is 6.52. The van der Waals surface area contributed by atoms with Gasteiger partial charge in [-0.05, 0) is 51.4 Å². The van der Waals surface area contributed by atoms with Crippen molar-refractivity contribution >= 4 is 5.97 Å². The number of hydrogen-bond acceptors (Lipinski definition) is 3. The van der Waals surface area contributed by atoms with Crippen LogP contribution in [0.2, 0.25) is 0 Å². The van der Waals surface area contributed by atoms with E-state index >= 15 is 0 Å². The predicted octanol–water partition coefficient (Wildman–Crippen LogP) is 2.26. The van der Waals surface area contributed by atoms with Crippen molar-refractivity contribution in [1.29, 1.82) is 0 Å². The summed E-state index contributed by atoms with van der Waals surface area (Å²) in [5.74, 6) is 0.0642. The van der Waals surface area contributed by atoms with Gasteiger partial charge in [0.2, 0.25) is 0 Å². The fraction of sp³-hybridized carbons (Fsp3) is 0.812. The largest absolute Gasteiger partial charge is 0.480 e. The SMILES string of the molecule is C=CCCC(C)NC1CC(N(CC(=O)O)CC2CC2)C1. The molecule has 114 valence electrons. The molecule has 0 aromatic heterocycles. The first-order chi connectivity index (χ1) is 9.58. The van der Waals surface area contributed by atoms with Gasteiger partial charge in [0.1, 0.15) is 0 Å². The highest BCUT2D eigenvalue weighted by Crippen LogP contribution is 2.33. The van der Waals surface area contributed by atoms with Crippen LogP contribution in [0.25, 0.3) is 0 Å². The normalized spacial score (nSPS) is 27.1. The van der Waals surface area contributed by atoms with Crippen molar-refractivity contribution in [2.24, 2.45) is 5.92 Å². The summed E-state index contributed by atoms with van der Waals surface area (Å²) in [7, 11) is 0. The Morgan fingerprint density at radius 3 is 2.75 bits per heavy atom. The lowest BCUT2D eigenvalue weighted by Gasteiger charge is -2.44. The summed E-state index contributed by atoms with van der Waals surface area (Å²) in [5.41, 5.74) is 0. The molecule has 20 heavy (non-hydrogen) atoms. The number of hydrogen-bond donors (Lipinski definition) is 2. The van der Waals surface area contributed by atoms with E-state index in [1.165, 1.54) is 12.8 Å². The third-order valence-electron chi connectivity index (χ3n) is 4.48. The lowest BCUT2D eigenvalue weighted by Crippen LogP contribution is -2.55. The molecule has 2 N–H and O–H groups in total. The molecule has 0 bridgehead atoms. The smallest absolute Gasteiger partial charge is 0.317 e. The Kier molecular flexibility index (Phi) is 5.61. The van der Waals surface area contributed by atoms with E-state index in [9.17, 15) is 4.79 Å². The van der Waals surface area contributed by atoms with Gasteiger partial charge in [-0.2, -0.15) is 0 Å². The lowest BCUT2D eigenvalue weighted by molar-refractivity contribution is -0.139. The summed E-state index contributed by atoms with van der Waals surface area (Å²) in [6.45, 7) is 7.16. The van der Waals surface area contributed by atoms with Crippen molar-refractivity contribution in [3.8, 4) is 0 Å². The van der Waals surface area contributed by atoms with Crippen molar-refractivity contribution in [3.05, 3.63) is 12.7 Å². The van der Waals surface area contributed by atoms with Crippen molar-refractivity contribution < 1.29 is 9.90 Å². The molecule has 2 aliphatic rings. The molecule has 2 saturated carbocycles. The highest BCUT2D eigenvalue weighted by atomic mass is 16.4. The molecule has 1 atom stereocenters. The number of carboxylic acids is 1. The van der Waals surface area contributed by atoms with E-state index in [0.29, 0.717) is 18.1 Å². The molecule has 1 unspecified atom stereocenters. The van der Waals surface area contributed by atoms with Crippen LogP contribution < -0.4 is 5.32 Å². The van der Waals surface area contributed by atoms with Gasteiger partial charge in [-0.3, -0.25) is 9.69 Å². The van der Waals surface area contributed by atoms with Crippen LogP contribution in [0.5, 0.6) is 0 Å². The van der Waals surface area contributed by atoms with Crippen LogP contribution in [0.4, 0.5) is 0 Å². The Labute approximate surface area is 122 Å². The standard InChI is InChI=1S/C16H28N2O2/c1-3-4-5-12(2)17-14-8-15(9-14)18(11-16(19)20)10-13-6-7-13/h3,12-15,17H,1,4-11H2,2H3,(H,19,20). The topological polar surface area (TPSA) is 52.6 Å². The monoisotopic (exact) mass is 280 g/mol. The zero-order chi connectivity index (χ0) is 14.5. The van der Waals surface area contributed by atoms with Gasteiger partial charge in [0.05, 0.1) is 6.54 Å². The highest BCUT2D eigenvalue weighted by Gasteiger charge is 2.37. The maximum atomic E-state index is 11.0. The highest BCUT2D eigenvalue weighted by molar-refractivity contribution is 5.69. The number of carbonyl (C=O) groups is 1. The molecule has 2 aliphatic carbocycles. The number of allylic oxidation sites excluding steroid dienone is 1. The third kappa shape index (κ3) is 4.91. The molecular weight excluding hydrogens is 252 g/mol. The molecule has 0 aromatic carbocycles. The first-order valence-corrected chi connectivity index (χ1v) is 7.91. The summed E-state index contributed by atoms with van der Waals surface area (Å²) >= 11 is 0. The number of nitrogens with zero attached hydrogens (tertiary/aromatic N) is 1. The van der Waals surface area contributed by atoms with Crippen LogP contribution >= 0.6 is 0 Å². The van der Waals surface area contributed by atoms with Crippen molar-refractivity contribution in [3.63, 3.8) is 0 Å². The summed E-state index contributed by atoms with van der Waals surface area (Å²) < 4.78 is 0. The third-order valence-corrected chi connectivity index (χ3v) is 4.48. The number of aliphatic carboxylic acids is 1. The van der Waals surface area contributed by atoms with Gasteiger partial charge < -0.3 is 10.4 Å². The lowest BCUT2D eigenvalue weighted by atomic mass is 9.84. The van der Waals surface area contributed by atoms with Gasteiger partial charge in [0.25, 0.3) is 0 Å². The Bertz CT molecular complexity index is 335. The Hall–Kier alpha value is -0.870. The van der Waals surface area contributed by atoms with Crippen LogP contribution in [0.1, 0.15) is 45.4 Å². The minimum absolute atomic E-state index is 0.208. The van der Waals surface area contributed by atoms with Gasteiger partial charge in [-0.15, -0.1) is 6.58 Å². The number of rotatable bonds is 10. The van der Waals surface area contributed by atoms with Gasteiger partial charge in [0.15, 0.2) is 0 Å². The van der Waals surface area contributed by atoms with Crippen molar-refractivity contribution in [1.82, 2.24) is 10.2 Å². The number of carboxylic acid groups (broad SMARTS) is 1. The minimum atomic E-state index is -0.693. The van der Waals surface area contributed by atoms with E-state index in [1.807, 2.05) is 6.08 Å². The average molecular weight is 280 g/mol. The summed E-state index contributed by atoms with van der Waals surface area (Å²) in [4.78, 5) is 13.2. The molecular formula is C16H28N2O2. The maximum Gasteiger partial charge on any atom is 0.317 e. The van der Waals surface area contributed by atoms with Crippen LogP contribution in [0.3, 0.4) is 0 Å². The quantitative estimate of drug-likeness (QED) is 0.603. The van der Waals surface area contributed by atoms with Gasteiger partial charge >= 0.3 is 5.97 Å². The second kappa shape index (κ2) is 7.23. The predicted molar refractivity (Wildman–Crippen MR) is 80.8 cm³/mol. The van der Waals surface area contributed by atoms with Crippen LogP contribution in [0, 0.1) is 5.92 Å². The van der Waals surface area contributed by atoms with E-state index in [-0.39, 0.29) is 6.54 Å². The van der Waals surface area contributed by atoms with Crippen LogP contribution in [-0.2, 0) is 4.79 Å². The second-order valence-corrected chi connectivity index (χ2v) is 6.52. The molecule has 4 heteroatoms. The van der Waals surface area contributed by atoms with E-state index in [4.69, 9.17) is 5.11 Å². The van der Waals surface area contributed by atoms with Gasteiger partial charge in [0, 0.05) is 24.7 Å². The molecule has 0 saturated heterocycles. The number of nitrogens with one attached hydrogen (secondary N) is 1. The van der Waals surface area contributed by atoms with E-state index in [1.54, 1.807) is 0 Å². The molecule has 0 amide bonds. The maximum absolute atomic E-state index is 11.0. The Morgan fingerprint density at radius 2 is 2.20 bits per heavy atom. The average Bonchev–Trinajstić information content (AvgIpc) is 3.13. The first-order valence-electron chi connectivity index (χ1n) is 7.91. The zero-order valence-electron chi connectivity index (χ0n) is 12.6. The van der Waals surface area contributed by atoms with Crippen LogP contribution in [0.15, 0.2) is 12.7 Å². The fourth-order valence-corrected chi connectivity index (χ4v) is 3.02.